The molecular formula is C17H14ClF2NO4. The molecule has 0 aliphatic carbocycles. The van der Waals surface area contributed by atoms with Crippen molar-refractivity contribution in [3.63, 3.8) is 0 Å². The van der Waals surface area contributed by atoms with E-state index in [1.54, 1.807) is 25.1 Å². The predicted octanol–water partition coefficient (Wildman–Crippen LogP) is 3.49. The number of halogens is 3. The van der Waals surface area contributed by atoms with Crippen molar-refractivity contribution < 1.29 is 27.8 Å². The second-order valence-corrected chi connectivity index (χ2v) is 5.47. The Hall–Kier alpha value is -2.67. The van der Waals surface area contributed by atoms with Gasteiger partial charge in [-0.2, -0.15) is 0 Å². The van der Waals surface area contributed by atoms with Gasteiger partial charge in [0.25, 0.3) is 5.91 Å². The van der Waals surface area contributed by atoms with E-state index in [1.807, 2.05) is 0 Å². The summed E-state index contributed by atoms with van der Waals surface area (Å²) in [5.41, 5.74) is 0.397. The van der Waals surface area contributed by atoms with Crippen LogP contribution in [-0.2, 0) is 14.3 Å². The number of rotatable bonds is 6. The lowest BCUT2D eigenvalue weighted by Crippen LogP contribution is -2.24. The highest BCUT2D eigenvalue weighted by molar-refractivity contribution is 6.30. The van der Waals surface area contributed by atoms with Crippen molar-refractivity contribution in [2.45, 2.75) is 6.92 Å². The maximum absolute atomic E-state index is 13.4. The fourth-order valence-electron chi connectivity index (χ4n) is 1.88. The van der Waals surface area contributed by atoms with Gasteiger partial charge in [-0.25, -0.2) is 13.6 Å². The normalized spacial score (nSPS) is 10.2. The van der Waals surface area contributed by atoms with Gasteiger partial charge in [-0.1, -0.05) is 11.6 Å². The molecular weight excluding hydrogens is 356 g/mol. The van der Waals surface area contributed by atoms with Gasteiger partial charge in [0, 0.05) is 11.1 Å². The number of carbonyl (C=O) groups excluding carboxylic acids is 2. The maximum atomic E-state index is 13.4. The summed E-state index contributed by atoms with van der Waals surface area (Å²) in [6.07, 6.45) is 0. The standard InChI is InChI=1S/C17H14ClF2NO4/c1-10-6-11(18)2-5-15(10)24-9-17(23)25-8-16(22)21-14-7-12(19)3-4-13(14)20/h2-7H,8-9H2,1H3,(H,21,22). The van der Waals surface area contributed by atoms with Crippen molar-refractivity contribution in [2.24, 2.45) is 0 Å². The van der Waals surface area contributed by atoms with E-state index in [0.717, 1.165) is 23.8 Å². The Morgan fingerprint density at radius 2 is 1.88 bits per heavy atom. The summed E-state index contributed by atoms with van der Waals surface area (Å²) in [7, 11) is 0. The Labute approximate surface area is 147 Å². The Morgan fingerprint density at radius 3 is 2.60 bits per heavy atom. The van der Waals surface area contributed by atoms with E-state index in [2.05, 4.69) is 5.32 Å². The van der Waals surface area contributed by atoms with Gasteiger partial charge in [0.1, 0.15) is 17.4 Å². The highest BCUT2D eigenvalue weighted by Crippen LogP contribution is 2.21. The second kappa shape index (κ2) is 8.43. The van der Waals surface area contributed by atoms with Crippen molar-refractivity contribution in [2.75, 3.05) is 18.5 Å². The molecule has 132 valence electrons. The molecule has 0 unspecified atom stereocenters. The minimum Gasteiger partial charge on any atom is -0.482 e. The number of hydrogen-bond acceptors (Lipinski definition) is 4. The fourth-order valence-corrected chi connectivity index (χ4v) is 2.11. The molecule has 8 heteroatoms. The molecule has 0 fully saturated rings. The molecule has 0 saturated carbocycles. The molecule has 2 aromatic carbocycles. The average molecular weight is 370 g/mol. The number of carbonyl (C=O) groups is 2. The summed E-state index contributed by atoms with van der Waals surface area (Å²) >= 11 is 5.81. The summed E-state index contributed by atoms with van der Waals surface area (Å²) in [6, 6.07) is 7.49. The van der Waals surface area contributed by atoms with Crippen LogP contribution in [0.25, 0.3) is 0 Å². The zero-order chi connectivity index (χ0) is 18.4. The first-order valence-electron chi connectivity index (χ1n) is 7.14. The first kappa shape index (κ1) is 18.7. The number of ether oxygens (including phenoxy) is 2. The van der Waals surface area contributed by atoms with Gasteiger partial charge in [-0.15, -0.1) is 0 Å². The van der Waals surface area contributed by atoms with Crippen LogP contribution >= 0.6 is 11.6 Å². The number of nitrogens with one attached hydrogen (secondary N) is 1. The summed E-state index contributed by atoms with van der Waals surface area (Å²) in [5.74, 6) is -2.65. The Kier molecular flexibility index (Phi) is 6.30. The topological polar surface area (TPSA) is 64.6 Å². The molecule has 1 N–H and O–H groups in total. The number of benzene rings is 2. The Morgan fingerprint density at radius 1 is 1.12 bits per heavy atom. The molecule has 0 saturated heterocycles. The average Bonchev–Trinajstić information content (AvgIpc) is 2.55. The van der Waals surface area contributed by atoms with Crippen LogP contribution in [0, 0.1) is 18.6 Å². The van der Waals surface area contributed by atoms with Crippen LogP contribution < -0.4 is 10.1 Å². The van der Waals surface area contributed by atoms with Crippen LogP contribution in [-0.4, -0.2) is 25.1 Å². The number of anilines is 1. The molecule has 0 heterocycles. The number of esters is 1. The van der Waals surface area contributed by atoms with E-state index >= 15 is 0 Å². The quantitative estimate of drug-likeness (QED) is 0.792. The summed E-state index contributed by atoms with van der Waals surface area (Å²) in [5, 5.41) is 2.64. The van der Waals surface area contributed by atoms with Crippen molar-refractivity contribution in [1.82, 2.24) is 0 Å². The van der Waals surface area contributed by atoms with Gasteiger partial charge in [0.2, 0.25) is 0 Å². The molecule has 0 bridgehead atoms. The van der Waals surface area contributed by atoms with E-state index in [1.165, 1.54) is 0 Å². The molecule has 25 heavy (non-hydrogen) atoms. The first-order chi connectivity index (χ1) is 11.8. The Bertz CT molecular complexity index is 798. The van der Waals surface area contributed by atoms with Crippen molar-refractivity contribution in [3.05, 3.63) is 58.6 Å². The van der Waals surface area contributed by atoms with Crippen molar-refractivity contribution >= 4 is 29.2 Å². The minimum atomic E-state index is -0.805. The molecule has 0 radical (unpaired) electrons. The third-order valence-electron chi connectivity index (χ3n) is 3.05. The number of hydrogen-bond donors (Lipinski definition) is 1. The molecule has 2 aromatic rings. The largest absolute Gasteiger partial charge is 0.482 e. The van der Waals surface area contributed by atoms with Gasteiger partial charge >= 0.3 is 5.97 Å². The number of aryl methyl sites for hydroxylation is 1. The predicted molar refractivity (Wildman–Crippen MR) is 87.6 cm³/mol. The van der Waals surface area contributed by atoms with Gasteiger partial charge in [0.05, 0.1) is 5.69 Å². The molecule has 1 amide bonds. The Balaban J connectivity index is 1.79. The van der Waals surface area contributed by atoms with E-state index < -0.39 is 36.7 Å². The lowest BCUT2D eigenvalue weighted by molar-refractivity contribution is -0.149. The molecule has 0 aliphatic heterocycles. The van der Waals surface area contributed by atoms with E-state index in [4.69, 9.17) is 21.1 Å². The SMILES string of the molecule is Cc1cc(Cl)ccc1OCC(=O)OCC(=O)Nc1cc(F)ccc1F. The number of amides is 1. The van der Waals surface area contributed by atoms with E-state index in [-0.39, 0.29) is 5.69 Å². The lowest BCUT2D eigenvalue weighted by Gasteiger charge is -2.10. The molecule has 0 atom stereocenters. The van der Waals surface area contributed by atoms with Crippen molar-refractivity contribution in [3.8, 4) is 5.75 Å². The first-order valence-corrected chi connectivity index (χ1v) is 7.52. The minimum absolute atomic E-state index is 0.339. The summed E-state index contributed by atoms with van der Waals surface area (Å²) in [4.78, 5) is 23.2. The van der Waals surface area contributed by atoms with Gasteiger partial charge in [0.15, 0.2) is 13.2 Å². The molecule has 5 nitrogen and oxygen atoms in total. The monoisotopic (exact) mass is 369 g/mol. The van der Waals surface area contributed by atoms with Gasteiger partial charge < -0.3 is 14.8 Å². The van der Waals surface area contributed by atoms with Crippen LogP contribution in [0.1, 0.15) is 5.56 Å². The lowest BCUT2D eigenvalue weighted by atomic mass is 10.2. The third kappa shape index (κ3) is 5.72. The molecule has 0 spiro atoms. The summed E-state index contributed by atoms with van der Waals surface area (Å²) in [6.45, 7) is 0.690. The summed E-state index contributed by atoms with van der Waals surface area (Å²) < 4.78 is 36.4. The highest BCUT2D eigenvalue weighted by Gasteiger charge is 2.12. The molecule has 0 aliphatic rings. The second-order valence-electron chi connectivity index (χ2n) is 5.03. The third-order valence-corrected chi connectivity index (χ3v) is 3.28. The fraction of sp³-hybridized carbons (Fsp3) is 0.176. The maximum Gasteiger partial charge on any atom is 0.344 e. The van der Waals surface area contributed by atoms with Crippen LogP contribution in [0.3, 0.4) is 0 Å². The zero-order valence-corrected chi connectivity index (χ0v) is 13.9. The van der Waals surface area contributed by atoms with E-state index in [9.17, 15) is 18.4 Å². The van der Waals surface area contributed by atoms with Crippen LogP contribution in [0.2, 0.25) is 5.02 Å². The van der Waals surface area contributed by atoms with Crippen LogP contribution in [0.4, 0.5) is 14.5 Å². The smallest absolute Gasteiger partial charge is 0.344 e. The van der Waals surface area contributed by atoms with E-state index in [0.29, 0.717) is 10.8 Å². The van der Waals surface area contributed by atoms with Gasteiger partial charge in [-0.05, 0) is 42.8 Å². The highest BCUT2D eigenvalue weighted by atomic mass is 35.5. The van der Waals surface area contributed by atoms with Gasteiger partial charge in [-0.3, -0.25) is 4.79 Å². The van der Waals surface area contributed by atoms with Crippen LogP contribution in [0.15, 0.2) is 36.4 Å². The van der Waals surface area contributed by atoms with Crippen molar-refractivity contribution in [1.29, 1.82) is 0 Å². The van der Waals surface area contributed by atoms with Crippen LogP contribution in [0.5, 0.6) is 5.75 Å². The molecule has 2 rings (SSSR count). The molecule has 0 aromatic heterocycles. The zero-order valence-electron chi connectivity index (χ0n) is 13.1.